The van der Waals surface area contributed by atoms with Crippen LogP contribution in [0.4, 0.5) is 5.69 Å². The van der Waals surface area contributed by atoms with Crippen molar-refractivity contribution in [3.05, 3.63) is 29.2 Å². The summed E-state index contributed by atoms with van der Waals surface area (Å²) in [4.78, 5) is 0. The summed E-state index contributed by atoms with van der Waals surface area (Å²) < 4.78 is 17.1. The number of anilines is 1. The zero-order valence-corrected chi connectivity index (χ0v) is 13.8. The molecule has 0 saturated carbocycles. The van der Waals surface area contributed by atoms with Crippen LogP contribution in [-0.2, 0) is 9.31 Å². The zero-order chi connectivity index (χ0) is 16.5. The Kier molecular flexibility index (Phi) is 4.56. The van der Waals surface area contributed by atoms with Gasteiger partial charge in [0, 0.05) is 11.8 Å². The molecule has 0 radical (unpaired) electrons. The highest BCUT2D eigenvalue weighted by Gasteiger charge is 2.52. The number of aliphatic hydroxyl groups excluding tert-OH is 1. The standard InChI is InChI=1S/C16H24BNO4/c1-15(2)16(3,4)22-17(21-15)12(10-19)6-11-7-13(18)9-14(8-11)20-5/h6-9,19H,10,18H2,1-5H3. The molecule has 0 spiro atoms. The van der Waals surface area contributed by atoms with Gasteiger partial charge in [0.05, 0.1) is 24.9 Å². The Labute approximate surface area is 132 Å². The summed E-state index contributed by atoms with van der Waals surface area (Å²) in [6.07, 6.45) is 1.82. The summed E-state index contributed by atoms with van der Waals surface area (Å²) in [5.41, 5.74) is 7.04. The van der Waals surface area contributed by atoms with Crippen molar-refractivity contribution in [3.63, 3.8) is 0 Å². The smallest absolute Gasteiger partial charge is 0.492 e. The van der Waals surface area contributed by atoms with Crippen molar-refractivity contribution in [1.82, 2.24) is 0 Å². The highest BCUT2D eigenvalue weighted by Crippen LogP contribution is 2.38. The first kappa shape index (κ1) is 16.9. The summed E-state index contributed by atoms with van der Waals surface area (Å²) in [6.45, 7) is 7.75. The van der Waals surface area contributed by atoms with E-state index in [0.29, 0.717) is 16.9 Å². The van der Waals surface area contributed by atoms with Gasteiger partial charge in [-0.2, -0.15) is 0 Å². The molecule has 22 heavy (non-hydrogen) atoms. The third kappa shape index (κ3) is 3.29. The Hall–Kier alpha value is -1.50. The molecular formula is C16H24BNO4. The largest absolute Gasteiger partial charge is 0.497 e. The first-order chi connectivity index (χ1) is 10.2. The van der Waals surface area contributed by atoms with Crippen LogP contribution >= 0.6 is 0 Å². The van der Waals surface area contributed by atoms with E-state index in [9.17, 15) is 5.11 Å². The molecule has 2 rings (SSSR count). The molecule has 1 saturated heterocycles. The molecule has 5 nitrogen and oxygen atoms in total. The van der Waals surface area contributed by atoms with E-state index < -0.39 is 18.3 Å². The predicted molar refractivity (Wildman–Crippen MR) is 88.6 cm³/mol. The Balaban J connectivity index is 2.31. The van der Waals surface area contributed by atoms with Crippen molar-refractivity contribution in [1.29, 1.82) is 0 Å². The Morgan fingerprint density at radius 2 is 1.82 bits per heavy atom. The maximum atomic E-state index is 9.69. The normalized spacial score (nSPS) is 20.3. The zero-order valence-electron chi connectivity index (χ0n) is 13.8. The molecule has 0 atom stereocenters. The summed E-state index contributed by atoms with van der Waals surface area (Å²) in [7, 11) is 1.01. The minimum atomic E-state index is -0.581. The third-order valence-electron chi connectivity index (χ3n) is 4.28. The lowest BCUT2D eigenvalue weighted by Crippen LogP contribution is -2.41. The van der Waals surface area contributed by atoms with Gasteiger partial charge in [0.25, 0.3) is 0 Å². The highest BCUT2D eigenvalue weighted by atomic mass is 16.7. The van der Waals surface area contributed by atoms with Gasteiger partial charge in [-0.3, -0.25) is 0 Å². The van der Waals surface area contributed by atoms with Gasteiger partial charge in [-0.25, -0.2) is 0 Å². The fraction of sp³-hybridized carbons (Fsp3) is 0.500. The van der Waals surface area contributed by atoms with Crippen LogP contribution in [0.1, 0.15) is 33.3 Å². The Morgan fingerprint density at radius 1 is 1.23 bits per heavy atom. The number of rotatable bonds is 4. The molecule has 1 aliphatic heterocycles. The van der Waals surface area contributed by atoms with Crippen molar-refractivity contribution in [2.24, 2.45) is 0 Å². The number of nitrogens with two attached hydrogens (primary N) is 1. The lowest BCUT2D eigenvalue weighted by Gasteiger charge is -2.32. The van der Waals surface area contributed by atoms with Crippen LogP contribution in [0.3, 0.4) is 0 Å². The van der Waals surface area contributed by atoms with Gasteiger partial charge in [-0.05, 0) is 50.9 Å². The molecule has 0 aromatic heterocycles. The highest BCUT2D eigenvalue weighted by molar-refractivity contribution is 6.55. The number of ether oxygens (including phenoxy) is 1. The SMILES string of the molecule is COc1cc(N)cc(C=C(CO)B2OC(C)(C)C(C)(C)O2)c1. The van der Waals surface area contributed by atoms with Crippen molar-refractivity contribution in [3.8, 4) is 5.75 Å². The summed E-state index contributed by atoms with van der Waals surface area (Å²) in [5.74, 6) is 0.664. The minimum Gasteiger partial charge on any atom is -0.497 e. The topological polar surface area (TPSA) is 73.9 Å². The van der Waals surface area contributed by atoms with E-state index in [1.807, 2.05) is 45.9 Å². The van der Waals surface area contributed by atoms with E-state index in [4.69, 9.17) is 19.8 Å². The van der Waals surface area contributed by atoms with Gasteiger partial charge < -0.3 is 24.9 Å². The molecule has 0 amide bonds. The maximum absolute atomic E-state index is 9.69. The fourth-order valence-electron chi connectivity index (χ4n) is 2.24. The first-order valence-corrected chi connectivity index (χ1v) is 7.30. The number of nitrogen functional groups attached to an aromatic ring is 1. The lowest BCUT2D eigenvalue weighted by molar-refractivity contribution is 0.00578. The predicted octanol–water partition coefficient (Wildman–Crippen LogP) is 2.28. The molecular weight excluding hydrogens is 281 g/mol. The number of benzene rings is 1. The fourth-order valence-corrected chi connectivity index (χ4v) is 2.24. The number of aliphatic hydroxyl groups is 1. The van der Waals surface area contributed by atoms with E-state index in [2.05, 4.69) is 0 Å². The minimum absolute atomic E-state index is 0.159. The van der Waals surface area contributed by atoms with Gasteiger partial charge in [0.15, 0.2) is 0 Å². The summed E-state index contributed by atoms with van der Waals surface area (Å²) in [6, 6.07) is 5.39. The number of hydrogen-bond acceptors (Lipinski definition) is 5. The Bertz CT molecular complexity index is 568. The van der Waals surface area contributed by atoms with Gasteiger partial charge >= 0.3 is 7.12 Å². The van der Waals surface area contributed by atoms with Crippen LogP contribution in [-0.4, -0.2) is 37.1 Å². The second-order valence-electron chi connectivity index (χ2n) is 6.51. The molecule has 1 heterocycles. The summed E-state index contributed by atoms with van der Waals surface area (Å²) in [5, 5.41) is 9.69. The molecule has 6 heteroatoms. The van der Waals surface area contributed by atoms with E-state index >= 15 is 0 Å². The maximum Gasteiger partial charge on any atom is 0.492 e. The molecule has 120 valence electrons. The second-order valence-corrected chi connectivity index (χ2v) is 6.51. The van der Waals surface area contributed by atoms with Crippen molar-refractivity contribution < 1.29 is 19.2 Å². The van der Waals surface area contributed by atoms with E-state index in [0.717, 1.165) is 5.56 Å². The van der Waals surface area contributed by atoms with Crippen molar-refractivity contribution >= 4 is 18.9 Å². The lowest BCUT2D eigenvalue weighted by atomic mass is 9.77. The van der Waals surface area contributed by atoms with Crippen LogP contribution in [0.2, 0.25) is 0 Å². The van der Waals surface area contributed by atoms with E-state index in [1.54, 1.807) is 13.2 Å². The first-order valence-electron chi connectivity index (χ1n) is 7.30. The average molecular weight is 305 g/mol. The van der Waals surface area contributed by atoms with Crippen LogP contribution in [0.25, 0.3) is 6.08 Å². The molecule has 0 unspecified atom stereocenters. The van der Waals surface area contributed by atoms with Crippen LogP contribution in [0.15, 0.2) is 23.7 Å². The van der Waals surface area contributed by atoms with Gasteiger partial charge in [0.2, 0.25) is 0 Å². The van der Waals surface area contributed by atoms with E-state index in [-0.39, 0.29) is 6.61 Å². The second kappa shape index (κ2) is 5.95. The summed E-state index contributed by atoms with van der Waals surface area (Å²) >= 11 is 0. The van der Waals surface area contributed by atoms with Gasteiger partial charge in [-0.1, -0.05) is 6.08 Å². The quantitative estimate of drug-likeness (QED) is 0.659. The third-order valence-corrected chi connectivity index (χ3v) is 4.28. The van der Waals surface area contributed by atoms with Gasteiger partial charge in [0.1, 0.15) is 5.75 Å². The Morgan fingerprint density at radius 3 is 2.32 bits per heavy atom. The monoisotopic (exact) mass is 305 g/mol. The van der Waals surface area contributed by atoms with Crippen LogP contribution < -0.4 is 10.5 Å². The average Bonchev–Trinajstić information content (AvgIpc) is 2.64. The number of hydrogen-bond donors (Lipinski definition) is 2. The molecule has 1 aliphatic rings. The van der Waals surface area contributed by atoms with Gasteiger partial charge in [-0.15, -0.1) is 0 Å². The molecule has 1 aromatic carbocycles. The van der Waals surface area contributed by atoms with E-state index in [1.165, 1.54) is 0 Å². The number of methoxy groups -OCH3 is 1. The molecule has 3 N–H and O–H groups in total. The molecule has 1 aromatic rings. The molecule has 1 fully saturated rings. The van der Waals surface area contributed by atoms with Crippen molar-refractivity contribution in [2.75, 3.05) is 19.5 Å². The molecule has 0 bridgehead atoms. The van der Waals surface area contributed by atoms with Crippen LogP contribution in [0, 0.1) is 0 Å². The molecule has 0 aliphatic carbocycles. The van der Waals surface area contributed by atoms with Crippen LogP contribution in [0.5, 0.6) is 5.75 Å². The van der Waals surface area contributed by atoms with Crippen molar-refractivity contribution in [2.45, 2.75) is 38.9 Å².